The number of rotatable bonds is 13. The molecule has 0 saturated heterocycles. The molecule has 1 N–H and O–H groups in total. The lowest BCUT2D eigenvalue weighted by Gasteiger charge is -2.32. The summed E-state index contributed by atoms with van der Waals surface area (Å²) in [5, 5.41) is 2.82. The lowest BCUT2D eigenvalue weighted by atomic mass is 10.1. The predicted molar refractivity (Wildman–Crippen MR) is 153 cm³/mol. The van der Waals surface area contributed by atoms with Crippen molar-refractivity contribution in [3.8, 4) is 5.75 Å². The molecule has 0 spiro atoms. The summed E-state index contributed by atoms with van der Waals surface area (Å²) in [5.74, 6) is -0.958. The van der Waals surface area contributed by atoms with E-state index in [0.29, 0.717) is 18.8 Å². The summed E-state index contributed by atoms with van der Waals surface area (Å²) in [6.45, 7) is 7.10. The van der Waals surface area contributed by atoms with Crippen LogP contribution in [0.5, 0.6) is 5.75 Å². The number of benzene rings is 3. The number of carbonyl (C=O) groups is 2. The van der Waals surface area contributed by atoms with Crippen LogP contribution in [0.1, 0.15) is 33.3 Å². The molecule has 0 radical (unpaired) electrons. The largest absolute Gasteiger partial charge is 0.494 e. The van der Waals surface area contributed by atoms with E-state index >= 15 is 0 Å². The molecule has 0 aliphatic rings. The van der Waals surface area contributed by atoms with Gasteiger partial charge in [0.2, 0.25) is 11.8 Å². The zero-order chi connectivity index (χ0) is 29.3. The van der Waals surface area contributed by atoms with E-state index in [4.69, 9.17) is 4.74 Å². The highest BCUT2D eigenvalue weighted by molar-refractivity contribution is 7.92. The highest BCUT2D eigenvalue weighted by Gasteiger charge is 2.32. The first-order valence-corrected chi connectivity index (χ1v) is 14.6. The normalized spacial score (nSPS) is 12.1. The Bertz CT molecular complexity index is 1360. The van der Waals surface area contributed by atoms with Crippen molar-refractivity contribution in [1.29, 1.82) is 0 Å². The van der Waals surface area contributed by atoms with Crippen LogP contribution in [0.4, 0.5) is 10.1 Å². The first kappa shape index (κ1) is 30.6. The highest BCUT2D eigenvalue weighted by Crippen LogP contribution is 2.26. The number of hydrogen-bond acceptors (Lipinski definition) is 5. The maximum Gasteiger partial charge on any atom is 0.264 e. The second-order valence-electron chi connectivity index (χ2n) is 9.55. The number of hydrogen-bond donors (Lipinski definition) is 1. The number of ether oxygens (including phenoxy) is 1. The Morgan fingerprint density at radius 2 is 1.55 bits per heavy atom. The number of carbonyl (C=O) groups excluding carboxylic acids is 2. The molecule has 3 rings (SSSR count). The molecule has 2 amide bonds. The topological polar surface area (TPSA) is 96.0 Å². The SMILES string of the molecule is CCOc1ccc(S(=O)(=O)N(CC(=O)N(CCc2ccccc2)[C@H](C)C(=O)NC(C)C)c2ccc(F)cc2)cc1. The van der Waals surface area contributed by atoms with Crippen molar-refractivity contribution >= 4 is 27.5 Å². The van der Waals surface area contributed by atoms with Gasteiger partial charge in [-0.25, -0.2) is 12.8 Å². The molecule has 0 heterocycles. The monoisotopic (exact) mass is 569 g/mol. The molecular formula is C30H36FN3O5S. The molecular weight excluding hydrogens is 533 g/mol. The van der Waals surface area contributed by atoms with Crippen LogP contribution < -0.4 is 14.4 Å². The third-order valence-electron chi connectivity index (χ3n) is 6.20. The van der Waals surface area contributed by atoms with Gasteiger partial charge in [-0.05, 0) is 88.2 Å². The summed E-state index contributed by atoms with van der Waals surface area (Å²) in [5.41, 5.74) is 1.08. The average molecular weight is 570 g/mol. The predicted octanol–water partition coefficient (Wildman–Crippen LogP) is 4.40. The fourth-order valence-corrected chi connectivity index (χ4v) is 5.53. The molecule has 0 aliphatic carbocycles. The molecule has 0 bridgehead atoms. The molecule has 1 atom stereocenters. The number of amides is 2. The lowest BCUT2D eigenvalue weighted by Crippen LogP contribution is -2.53. The van der Waals surface area contributed by atoms with Crippen LogP contribution in [-0.4, -0.2) is 56.9 Å². The fourth-order valence-electron chi connectivity index (χ4n) is 4.11. The Balaban J connectivity index is 1.97. The van der Waals surface area contributed by atoms with Crippen molar-refractivity contribution in [3.05, 3.63) is 90.2 Å². The van der Waals surface area contributed by atoms with Crippen molar-refractivity contribution in [2.24, 2.45) is 0 Å². The van der Waals surface area contributed by atoms with Gasteiger partial charge in [0.15, 0.2) is 0 Å². The van der Waals surface area contributed by atoms with Gasteiger partial charge in [-0.3, -0.25) is 13.9 Å². The minimum absolute atomic E-state index is 0.0606. The van der Waals surface area contributed by atoms with E-state index < -0.39 is 34.3 Å². The Labute approximate surface area is 235 Å². The van der Waals surface area contributed by atoms with Gasteiger partial charge in [0.25, 0.3) is 10.0 Å². The van der Waals surface area contributed by atoms with E-state index in [9.17, 15) is 22.4 Å². The Hall–Kier alpha value is -3.92. The molecule has 0 unspecified atom stereocenters. The van der Waals surface area contributed by atoms with Crippen molar-refractivity contribution in [1.82, 2.24) is 10.2 Å². The van der Waals surface area contributed by atoms with Gasteiger partial charge in [-0.2, -0.15) is 0 Å². The number of nitrogens with one attached hydrogen (secondary N) is 1. The van der Waals surface area contributed by atoms with Gasteiger partial charge >= 0.3 is 0 Å². The van der Waals surface area contributed by atoms with Crippen molar-refractivity contribution < 1.29 is 27.1 Å². The van der Waals surface area contributed by atoms with Crippen LogP contribution in [0, 0.1) is 5.82 Å². The van der Waals surface area contributed by atoms with Crippen LogP contribution >= 0.6 is 0 Å². The molecule has 214 valence electrons. The van der Waals surface area contributed by atoms with Crippen LogP contribution in [0.3, 0.4) is 0 Å². The van der Waals surface area contributed by atoms with Crippen molar-refractivity contribution in [2.45, 2.75) is 51.1 Å². The maximum atomic E-state index is 13.8. The fraction of sp³-hybridized carbons (Fsp3) is 0.333. The Morgan fingerprint density at radius 1 is 0.925 bits per heavy atom. The first-order chi connectivity index (χ1) is 19.0. The summed E-state index contributed by atoms with van der Waals surface area (Å²) in [6.07, 6.45) is 0.466. The lowest BCUT2D eigenvalue weighted by molar-refractivity contribution is -0.139. The van der Waals surface area contributed by atoms with Crippen LogP contribution in [-0.2, 0) is 26.0 Å². The quantitative estimate of drug-likeness (QED) is 0.329. The second-order valence-corrected chi connectivity index (χ2v) is 11.4. The zero-order valence-corrected chi connectivity index (χ0v) is 24.0. The smallest absolute Gasteiger partial charge is 0.264 e. The Kier molecular flexibility index (Phi) is 10.7. The van der Waals surface area contributed by atoms with Crippen LogP contribution in [0.15, 0.2) is 83.8 Å². The number of nitrogens with zero attached hydrogens (tertiary/aromatic N) is 2. The number of anilines is 1. The van der Waals surface area contributed by atoms with Gasteiger partial charge < -0.3 is 15.0 Å². The van der Waals surface area contributed by atoms with E-state index in [2.05, 4.69) is 5.32 Å². The molecule has 3 aromatic carbocycles. The molecule has 10 heteroatoms. The van der Waals surface area contributed by atoms with Gasteiger partial charge in [-0.15, -0.1) is 0 Å². The molecule has 0 fully saturated rings. The minimum atomic E-state index is -4.25. The zero-order valence-electron chi connectivity index (χ0n) is 23.2. The van der Waals surface area contributed by atoms with Crippen molar-refractivity contribution in [3.63, 3.8) is 0 Å². The highest BCUT2D eigenvalue weighted by atomic mass is 32.2. The van der Waals surface area contributed by atoms with E-state index in [1.54, 1.807) is 6.92 Å². The third kappa shape index (κ3) is 8.05. The van der Waals surface area contributed by atoms with Gasteiger partial charge in [-0.1, -0.05) is 30.3 Å². The summed E-state index contributed by atoms with van der Waals surface area (Å²) in [7, 11) is -4.25. The summed E-state index contributed by atoms with van der Waals surface area (Å²) < 4.78 is 47.7. The third-order valence-corrected chi connectivity index (χ3v) is 7.99. The van der Waals surface area contributed by atoms with E-state index in [0.717, 1.165) is 22.0 Å². The summed E-state index contributed by atoms with van der Waals surface area (Å²) >= 11 is 0. The van der Waals surface area contributed by atoms with Gasteiger partial charge in [0.05, 0.1) is 17.2 Å². The van der Waals surface area contributed by atoms with E-state index in [1.807, 2.05) is 51.1 Å². The van der Waals surface area contributed by atoms with Gasteiger partial charge in [0.1, 0.15) is 24.2 Å². The van der Waals surface area contributed by atoms with Crippen molar-refractivity contribution in [2.75, 3.05) is 24.0 Å². The molecule has 8 nitrogen and oxygen atoms in total. The van der Waals surface area contributed by atoms with Crippen LogP contribution in [0.2, 0.25) is 0 Å². The average Bonchev–Trinajstić information content (AvgIpc) is 2.93. The van der Waals surface area contributed by atoms with E-state index in [1.165, 1.54) is 41.3 Å². The Morgan fingerprint density at radius 3 is 2.12 bits per heavy atom. The van der Waals surface area contributed by atoms with Gasteiger partial charge in [0, 0.05) is 12.6 Å². The minimum Gasteiger partial charge on any atom is -0.494 e. The molecule has 0 aromatic heterocycles. The molecule has 3 aromatic rings. The summed E-state index contributed by atoms with van der Waals surface area (Å²) in [4.78, 5) is 28.1. The number of halogens is 1. The standard InChI is InChI=1S/C30H36FN3O5S/c1-5-39-27-15-17-28(18-16-27)40(37,38)34(26-13-11-25(31)12-14-26)21-29(35)33(23(4)30(36)32-22(2)3)20-19-24-9-7-6-8-10-24/h6-18,22-23H,5,19-21H2,1-4H3,(H,32,36)/t23-/m1/s1. The maximum absolute atomic E-state index is 13.8. The van der Waals surface area contributed by atoms with Crippen LogP contribution in [0.25, 0.3) is 0 Å². The molecule has 40 heavy (non-hydrogen) atoms. The molecule has 0 saturated carbocycles. The first-order valence-electron chi connectivity index (χ1n) is 13.2. The summed E-state index contributed by atoms with van der Waals surface area (Å²) in [6, 6.07) is 19.2. The number of sulfonamides is 1. The van der Waals surface area contributed by atoms with E-state index in [-0.39, 0.29) is 29.1 Å². The second kappa shape index (κ2) is 13.9. The molecule has 0 aliphatic heterocycles.